The normalized spacial score (nSPS) is 31.5. The van der Waals surface area contributed by atoms with E-state index >= 15 is 0 Å². The van der Waals surface area contributed by atoms with Crippen LogP contribution in [0.4, 0.5) is 0 Å². The fourth-order valence-corrected chi connectivity index (χ4v) is 4.23. The van der Waals surface area contributed by atoms with Crippen LogP contribution < -0.4 is 0 Å². The molecule has 3 rings (SSSR count). The molecule has 0 saturated carbocycles. The molecule has 1 aliphatic carbocycles. The average Bonchev–Trinajstić information content (AvgIpc) is 2.47. The lowest BCUT2D eigenvalue weighted by molar-refractivity contribution is -0.141. The predicted octanol–water partition coefficient (Wildman–Crippen LogP) is 0.821. The summed E-state index contributed by atoms with van der Waals surface area (Å²) in [5.41, 5.74) is 0. The van der Waals surface area contributed by atoms with E-state index in [4.69, 9.17) is 0 Å². The number of carbonyl (C=O) groups is 1. The van der Waals surface area contributed by atoms with E-state index in [1.54, 1.807) is 5.01 Å². The Balaban J connectivity index is 1.68. The molecule has 0 N–H and O–H groups in total. The molecule has 0 aromatic heterocycles. The number of hydrazone groups is 1. The van der Waals surface area contributed by atoms with Gasteiger partial charge in [-0.1, -0.05) is 12.2 Å². The van der Waals surface area contributed by atoms with Gasteiger partial charge in [-0.05, 0) is 25.7 Å². The van der Waals surface area contributed by atoms with Crippen molar-refractivity contribution in [1.82, 2.24) is 9.31 Å². The minimum atomic E-state index is -3.13. The molecule has 0 spiro atoms. The fraction of sp³-hybridized carbons (Fsp3) is 0.714. The van der Waals surface area contributed by atoms with Crippen LogP contribution in [0.25, 0.3) is 0 Å². The molecule has 2 atom stereocenters. The van der Waals surface area contributed by atoms with Gasteiger partial charge in [0.15, 0.2) is 0 Å². The minimum Gasteiger partial charge on any atom is -0.273 e. The molecular formula is C14H21N3O3S. The number of amides is 1. The maximum Gasteiger partial charge on any atom is 0.246 e. The van der Waals surface area contributed by atoms with Gasteiger partial charge in [-0.3, -0.25) is 4.79 Å². The Kier molecular flexibility index (Phi) is 3.88. The molecule has 1 saturated heterocycles. The second-order valence-electron chi connectivity index (χ2n) is 6.05. The number of allylic oxidation sites excluding steroid dienone is 2. The van der Waals surface area contributed by atoms with Gasteiger partial charge in [0.25, 0.3) is 0 Å². The molecule has 6 nitrogen and oxygen atoms in total. The molecule has 0 bridgehead atoms. The van der Waals surface area contributed by atoms with Crippen LogP contribution >= 0.6 is 0 Å². The van der Waals surface area contributed by atoms with Crippen LogP contribution in [0.3, 0.4) is 0 Å². The lowest BCUT2D eigenvalue weighted by Crippen LogP contribution is -2.51. The Bertz CT molecular complexity index is 576. The second kappa shape index (κ2) is 5.53. The largest absolute Gasteiger partial charge is 0.273 e. The van der Waals surface area contributed by atoms with Crippen LogP contribution in [-0.2, 0) is 14.8 Å². The van der Waals surface area contributed by atoms with Crippen molar-refractivity contribution < 1.29 is 13.2 Å². The van der Waals surface area contributed by atoms with Crippen molar-refractivity contribution in [2.75, 3.05) is 19.3 Å². The van der Waals surface area contributed by atoms with Gasteiger partial charge in [0.05, 0.1) is 18.2 Å². The molecule has 0 aromatic rings. The molecule has 7 heteroatoms. The van der Waals surface area contributed by atoms with Crippen molar-refractivity contribution in [1.29, 1.82) is 0 Å². The highest BCUT2D eigenvalue weighted by Gasteiger charge is 2.39. The number of fused-ring (bicyclic) bond motifs is 1. The summed E-state index contributed by atoms with van der Waals surface area (Å²) in [5.74, 6) is 0.347. The molecule has 1 amide bonds. The van der Waals surface area contributed by atoms with E-state index in [1.165, 1.54) is 10.6 Å². The number of nitrogens with zero attached hydrogens (tertiary/aromatic N) is 3. The third-order valence-electron chi connectivity index (χ3n) is 4.65. The Morgan fingerprint density at radius 1 is 1.19 bits per heavy atom. The Labute approximate surface area is 125 Å². The van der Waals surface area contributed by atoms with Crippen LogP contribution in [0.1, 0.15) is 25.7 Å². The van der Waals surface area contributed by atoms with Crippen LogP contribution in [0.15, 0.2) is 17.3 Å². The van der Waals surface area contributed by atoms with Crippen LogP contribution in [0, 0.1) is 11.8 Å². The number of hydrogen-bond donors (Lipinski definition) is 0. The molecule has 3 aliphatic rings. The summed E-state index contributed by atoms with van der Waals surface area (Å²) in [4.78, 5) is 12.6. The van der Waals surface area contributed by atoms with Crippen molar-refractivity contribution >= 4 is 22.1 Å². The van der Waals surface area contributed by atoms with Gasteiger partial charge in [0.2, 0.25) is 15.9 Å². The third kappa shape index (κ3) is 2.89. The lowest BCUT2D eigenvalue weighted by Gasteiger charge is -2.40. The zero-order valence-corrected chi connectivity index (χ0v) is 13.0. The van der Waals surface area contributed by atoms with Crippen molar-refractivity contribution in [3.05, 3.63) is 12.2 Å². The van der Waals surface area contributed by atoms with Crippen molar-refractivity contribution in [3.63, 3.8) is 0 Å². The smallest absolute Gasteiger partial charge is 0.246 e. The van der Waals surface area contributed by atoms with Crippen LogP contribution in [0.2, 0.25) is 0 Å². The van der Waals surface area contributed by atoms with E-state index in [0.29, 0.717) is 25.9 Å². The monoisotopic (exact) mass is 311 g/mol. The molecule has 2 heterocycles. The Hall–Kier alpha value is -1.21. The van der Waals surface area contributed by atoms with Gasteiger partial charge in [0.1, 0.15) is 0 Å². The summed E-state index contributed by atoms with van der Waals surface area (Å²) in [6.45, 7) is 0.938. The molecule has 2 aliphatic heterocycles. The summed E-state index contributed by atoms with van der Waals surface area (Å²) >= 11 is 0. The minimum absolute atomic E-state index is 0.0143. The molecule has 21 heavy (non-hydrogen) atoms. The highest BCUT2D eigenvalue weighted by atomic mass is 32.2. The molecule has 1 fully saturated rings. The molecule has 0 aromatic carbocycles. The quantitative estimate of drug-likeness (QED) is 0.709. The summed E-state index contributed by atoms with van der Waals surface area (Å²) in [6, 6.07) is 0.0265. The molecule has 116 valence electrons. The van der Waals surface area contributed by atoms with Crippen molar-refractivity contribution in [2.24, 2.45) is 16.9 Å². The lowest BCUT2D eigenvalue weighted by atomic mass is 9.82. The van der Waals surface area contributed by atoms with E-state index in [9.17, 15) is 13.2 Å². The summed E-state index contributed by atoms with van der Waals surface area (Å²) in [7, 11) is -3.13. The summed E-state index contributed by atoms with van der Waals surface area (Å²) in [6.07, 6.45) is 10.3. The van der Waals surface area contributed by atoms with Gasteiger partial charge in [-0.25, -0.2) is 17.7 Å². The average molecular weight is 311 g/mol. The number of rotatable bonds is 2. The Morgan fingerprint density at radius 2 is 1.86 bits per heavy atom. The maximum atomic E-state index is 12.6. The zero-order chi connectivity index (χ0) is 15.0. The van der Waals surface area contributed by atoms with Gasteiger partial charge in [0, 0.05) is 25.2 Å². The van der Waals surface area contributed by atoms with Gasteiger partial charge < -0.3 is 0 Å². The van der Waals surface area contributed by atoms with E-state index in [-0.39, 0.29) is 23.8 Å². The number of piperidine rings is 1. The molecule has 0 radical (unpaired) electrons. The second-order valence-corrected chi connectivity index (χ2v) is 8.04. The van der Waals surface area contributed by atoms with Crippen molar-refractivity contribution in [3.8, 4) is 0 Å². The zero-order valence-electron chi connectivity index (χ0n) is 12.2. The maximum absolute atomic E-state index is 12.6. The fourth-order valence-electron chi connectivity index (χ4n) is 3.36. The molecular weight excluding hydrogens is 290 g/mol. The van der Waals surface area contributed by atoms with Gasteiger partial charge in [-0.15, -0.1) is 0 Å². The van der Waals surface area contributed by atoms with Gasteiger partial charge >= 0.3 is 0 Å². The predicted molar refractivity (Wildman–Crippen MR) is 80.1 cm³/mol. The van der Waals surface area contributed by atoms with Crippen LogP contribution in [0.5, 0.6) is 0 Å². The first-order valence-electron chi connectivity index (χ1n) is 7.44. The first-order chi connectivity index (χ1) is 9.97. The Morgan fingerprint density at radius 3 is 2.52 bits per heavy atom. The standard InChI is InChI=1S/C14H21N3O3S/c1-21(19,20)16-8-6-12(7-9-16)17-14(18)13-5-3-2-4-11(13)10-15-17/h2-3,10-13H,4-9H2,1H3. The third-order valence-corrected chi connectivity index (χ3v) is 5.95. The summed E-state index contributed by atoms with van der Waals surface area (Å²) < 4.78 is 24.5. The number of carbonyl (C=O) groups excluding carboxylic acids is 1. The molecule has 2 unspecified atom stereocenters. The van der Waals surface area contributed by atoms with Crippen LogP contribution in [-0.4, -0.2) is 55.2 Å². The van der Waals surface area contributed by atoms with E-state index < -0.39 is 10.0 Å². The SMILES string of the molecule is CS(=O)(=O)N1CCC(N2N=CC3CC=CCC3C2=O)CC1. The summed E-state index contributed by atoms with van der Waals surface area (Å²) in [5, 5.41) is 5.97. The highest BCUT2D eigenvalue weighted by Crippen LogP contribution is 2.31. The van der Waals surface area contributed by atoms with Gasteiger partial charge in [-0.2, -0.15) is 5.10 Å². The number of hydrogen-bond acceptors (Lipinski definition) is 4. The first-order valence-corrected chi connectivity index (χ1v) is 9.29. The van der Waals surface area contributed by atoms with E-state index in [1.807, 2.05) is 6.21 Å². The highest BCUT2D eigenvalue weighted by molar-refractivity contribution is 7.88. The van der Waals surface area contributed by atoms with E-state index in [2.05, 4.69) is 17.3 Å². The van der Waals surface area contributed by atoms with Crippen molar-refractivity contribution in [2.45, 2.75) is 31.7 Å². The van der Waals surface area contributed by atoms with E-state index in [0.717, 1.165) is 12.8 Å². The first kappa shape index (κ1) is 14.7. The number of sulfonamides is 1. The topological polar surface area (TPSA) is 70.1 Å².